The van der Waals surface area contributed by atoms with Crippen molar-refractivity contribution in [2.75, 3.05) is 6.54 Å². The summed E-state index contributed by atoms with van der Waals surface area (Å²) in [5.74, 6) is -1.56. The average molecular weight is 211 g/mol. The first-order valence-corrected chi connectivity index (χ1v) is 4.48. The zero-order chi connectivity index (χ0) is 11.3. The highest BCUT2D eigenvalue weighted by molar-refractivity contribution is 5.84. The third-order valence-corrected chi connectivity index (χ3v) is 1.91. The van der Waals surface area contributed by atoms with Crippen molar-refractivity contribution in [1.82, 2.24) is 10.3 Å². The zero-order valence-electron chi connectivity index (χ0n) is 8.06. The molecule has 0 aromatic carbocycles. The van der Waals surface area contributed by atoms with Gasteiger partial charge in [-0.05, 0) is 12.1 Å². The Morgan fingerprint density at radius 2 is 2.33 bits per heavy atom. The molecule has 1 atom stereocenters. The Labute approximate surface area is 86.5 Å². The molecule has 0 saturated heterocycles. The summed E-state index contributed by atoms with van der Waals surface area (Å²) >= 11 is 0. The minimum absolute atomic E-state index is 0.214. The van der Waals surface area contributed by atoms with E-state index in [1.54, 1.807) is 18.3 Å². The lowest BCUT2D eigenvalue weighted by atomic mass is 10.1. The van der Waals surface area contributed by atoms with Crippen molar-refractivity contribution in [2.24, 2.45) is 5.73 Å². The highest BCUT2D eigenvalue weighted by Gasteiger charge is 2.19. The Kier molecular flexibility index (Phi) is 3.87. The van der Waals surface area contributed by atoms with Crippen molar-refractivity contribution >= 4 is 11.9 Å². The van der Waals surface area contributed by atoms with E-state index in [1.165, 1.54) is 0 Å². The van der Waals surface area contributed by atoms with Gasteiger partial charge in [-0.1, -0.05) is 0 Å². The molecule has 0 radical (unpaired) electrons. The Hall–Kier alpha value is -1.82. The molecule has 1 unspecified atom stereocenters. The maximum atomic E-state index is 10.9. The van der Waals surface area contributed by atoms with Gasteiger partial charge in [-0.3, -0.25) is 4.79 Å². The minimum Gasteiger partial charge on any atom is -0.480 e. The van der Waals surface area contributed by atoms with Gasteiger partial charge in [0, 0.05) is 18.3 Å². The number of aromatic amines is 1. The first-order chi connectivity index (χ1) is 7.13. The zero-order valence-corrected chi connectivity index (χ0v) is 8.06. The molecule has 0 saturated carbocycles. The number of carboxylic acids is 1. The van der Waals surface area contributed by atoms with E-state index in [-0.39, 0.29) is 13.0 Å². The Morgan fingerprint density at radius 1 is 1.60 bits per heavy atom. The Bertz CT molecular complexity index is 334. The molecule has 6 nitrogen and oxygen atoms in total. The smallest absolute Gasteiger partial charge is 0.326 e. The number of hydrogen-bond acceptors (Lipinski definition) is 3. The van der Waals surface area contributed by atoms with Crippen LogP contribution in [0.5, 0.6) is 0 Å². The maximum Gasteiger partial charge on any atom is 0.326 e. The number of amides is 1. The van der Waals surface area contributed by atoms with Crippen molar-refractivity contribution in [3.05, 3.63) is 24.0 Å². The molecule has 1 aromatic heterocycles. The van der Waals surface area contributed by atoms with Gasteiger partial charge in [0.1, 0.15) is 6.04 Å². The summed E-state index contributed by atoms with van der Waals surface area (Å²) in [6, 6.07) is 2.57. The van der Waals surface area contributed by atoms with Gasteiger partial charge in [-0.25, -0.2) is 4.79 Å². The van der Waals surface area contributed by atoms with Crippen LogP contribution in [-0.4, -0.2) is 34.6 Å². The van der Waals surface area contributed by atoms with Gasteiger partial charge in [-0.2, -0.15) is 0 Å². The van der Waals surface area contributed by atoms with E-state index < -0.39 is 17.9 Å². The number of rotatable bonds is 5. The van der Waals surface area contributed by atoms with Crippen LogP contribution in [0, 0.1) is 0 Å². The third-order valence-electron chi connectivity index (χ3n) is 1.91. The molecule has 0 spiro atoms. The number of H-pyrrole nitrogens is 1. The number of carbonyl (C=O) groups excluding carboxylic acids is 1. The monoisotopic (exact) mass is 211 g/mol. The molecule has 0 fully saturated rings. The van der Waals surface area contributed by atoms with Crippen LogP contribution in [0.3, 0.4) is 0 Å². The standard InChI is InChI=1S/C9H13N3O3/c10-5-8(13)12-7(9(14)15)4-6-2-1-3-11-6/h1-3,7,11H,4-5,10H2,(H,12,13)(H,14,15). The largest absolute Gasteiger partial charge is 0.480 e. The topological polar surface area (TPSA) is 108 Å². The summed E-state index contributed by atoms with van der Waals surface area (Å²) in [5, 5.41) is 11.2. The number of nitrogens with one attached hydrogen (secondary N) is 2. The van der Waals surface area contributed by atoms with Crippen molar-refractivity contribution in [3.63, 3.8) is 0 Å². The van der Waals surface area contributed by atoms with Crippen LogP contribution >= 0.6 is 0 Å². The number of aromatic nitrogens is 1. The summed E-state index contributed by atoms with van der Waals surface area (Å²) in [6.45, 7) is -0.214. The fourth-order valence-corrected chi connectivity index (χ4v) is 1.17. The van der Waals surface area contributed by atoms with Crippen LogP contribution < -0.4 is 11.1 Å². The van der Waals surface area contributed by atoms with Gasteiger partial charge in [0.25, 0.3) is 0 Å². The van der Waals surface area contributed by atoms with Gasteiger partial charge < -0.3 is 21.1 Å². The summed E-state index contributed by atoms with van der Waals surface area (Å²) in [6.07, 6.45) is 1.91. The Balaban J connectivity index is 2.59. The van der Waals surface area contributed by atoms with E-state index in [0.717, 1.165) is 5.69 Å². The second-order valence-corrected chi connectivity index (χ2v) is 3.06. The number of carbonyl (C=O) groups is 2. The fourth-order valence-electron chi connectivity index (χ4n) is 1.17. The van der Waals surface area contributed by atoms with E-state index in [4.69, 9.17) is 10.8 Å². The third kappa shape index (κ3) is 3.43. The molecule has 0 aliphatic rings. The summed E-state index contributed by atoms with van der Waals surface area (Å²) < 4.78 is 0. The highest BCUT2D eigenvalue weighted by atomic mass is 16.4. The van der Waals surface area contributed by atoms with Crippen molar-refractivity contribution in [3.8, 4) is 0 Å². The van der Waals surface area contributed by atoms with Gasteiger partial charge in [0.05, 0.1) is 6.54 Å². The normalized spacial score (nSPS) is 12.1. The van der Waals surface area contributed by atoms with E-state index >= 15 is 0 Å². The molecule has 1 rings (SSSR count). The first-order valence-electron chi connectivity index (χ1n) is 4.48. The number of hydrogen-bond donors (Lipinski definition) is 4. The van der Waals surface area contributed by atoms with E-state index in [1.807, 2.05) is 0 Å². The second-order valence-electron chi connectivity index (χ2n) is 3.06. The average Bonchev–Trinajstić information content (AvgIpc) is 2.69. The lowest BCUT2D eigenvalue weighted by Crippen LogP contribution is -2.44. The molecular weight excluding hydrogens is 198 g/mol. The van der Waals surface area contributed by atoms with Crippen LogP contribution in [0.25, 0.3) is 0 Å². The number of carboxylic acid groups (broad SMARTS) is 1. The number of aliphatic carboxylic acids is 1. The van der Waals surface area contributed by atoms with Crippen molar-refractivity contribution < 1.29 is 14.7 Å². The summed E-state index contributed by atoms with van der Waals surface area (Å²) in [7, 11) is 0. The van der Waals surface area contributed by atoms with Crippen LogP contribution in [0.4, 0.5) is 0 Å². The molecule has 82 valence electrons. The first kappa shape index (κ1) is 11.3. The van der Waals surface area contributed by atoms with Gasteiger partial charge in [0.15, 0.2) is 0 Å². The molecule has 0 aliphatic heterocycles. The molecule has 1 amide bonds. The minimum atomic E-state index is -1.08. The van der Waals surface area contributed by atoms with E-state index in [9.17, 15) is 9.59 Å². The molecular formula is C9H13N3O3. The van der Waals surface area contributed by atoms with Crippen LogP contribution in [0.1, 0.15) is 5.69 Å². The summed E-state index contributed by atoms with van der Waals surface area (Å²) in [5.41, 5.74) is 5.83. The lowest BCUT2D eigenvalue weighted by Gasteiger charge is -2.12. The van der Waals surface area contributed by atoms with Gasteiger partial charge in [0.2, 0.25) is 5.91 Å². The second kappa shape index (κ2) is 5.16. The van der Waals surface area contributed by atoms with Gasteiger partial charge in [-0.15, -0.1) is 0 Å². The lowest BCUT2D eigenvalue weighted by molar-refractivity contribution is -0.141. The van der Waals surface area contributed by atoms with E-state index in [0.29, 0.717) is 0 Å². The van der Waals surface area contributed by atoms with Crippen LogP contribution in [0.15, 0.2) is 18.3 Å². The Morgan fingerprint density at radius 3 is 2.80 bits per heavy atom. The predicted molar refractivity (Wildman–Crippen MR) is 53.1 cm³/mol. The van der Waals surface area contributed by atoms with Crippen molar-refractivity contribution in [2.45, 2.75) is 12.5 Å². The quantitative estimate of drug-likeness (QED) is 0.505. The van der Waals surface area contributed by atoms with Gasteiger partial charge >= 0.3 is 5.97 Å². The maximum absolute atomic E-state index is 10.9. The molecule has 0 aliphatic carbocycles. The summed E-state index contributed by atoms with van der Waals surface area (Å²) in [4.78, 5) is 24.6. The molecule has 1 aromatic rings. The number of nitrogens with two attached hydrogens (primary N) is 1. The fraction of sp³-hybridized carbons (Fsp3) is 0.333. The van der Waals surface area contributed by atoms with Crippen LogP contribution in [-0.2, 0) is 16.0 Å². The van der Waals surface area contributed by atoms with Crippen LogP contribution in [0.2, 0.25) is 0 Å². The van der Waals surface area contributed by atoms with Crippen molar-refractivity contribution in [1.29, 1.82) is 0 Å². The molecule has 6 heteroatoms. The molecule has 0 bridgehead atoms. The molecule has 1 heterocycles. The molecule has 5 N–H and O–H groups in total. The SMILES string of the molecule is NCC(=O)NC(Cc1ccc[nH]1)C(=O)O. The molecule has 15 heavy (non-hydrogen) atoms. The highest BCUT2D eigenvalue weighted by Crippen LogP contribution is 2.00. The predicted octanol–water partition coefficient (Wildman–Crippen LogP) is -0.915. The van der Waals surface area contributed by atoms with E-state index in [2.05, 4.69) is 10.3 Å².